The number of nitrogens with one attached hydrogen (secondary N) is 2. The van der Waals surface area contributed by atoms with E-state index in [1.54, 1.807) is 13.2 Å². The lowest BCUT2D eigenvalue weighted by Crippen LogP contribution is -2.30. The number of carbonyl (C=O) groups is 1. The number of urea groups is 1. The Morgan fingerprint density at radius 3 is 2.79 bits per heavy atom. The zero-order valence-electron chi connectivity index (χ0n) is 19.1. The molecule has 0 bridgehead atoms. The van der Waals surface area contributed by atoms with Crippen LogP contribution in [0.1, 0.15) is 35.9 Å². The molecule has 0 fully saturated rings. The summed E-state index contributed by atoms with van der Waals surface area (Å²) >= 11 is 1.48. The molecule has 0 aliphatic carbocycles. The van der Waals surface area contributed by atoms with Crippen molar-refractivity contribution in [2.45, 2.75) is 39.2 Å². The van der Waals surface area contributed by atoms with Crippen molar-refractivity contribution in [3.8, 4) is 11.9 Å². The fourth-order valence-corrected chi connectivity index (χ4v) is 4.69. The zero-order valence-corrected chi connectivity index (χ0v) is 19.9. The van der Waals surface area contributed by atoms with E-state index in [1.807, 2.05) is 18.2 Å². The third-order valence-electron chi connectivity index (χ3n) is 5.40. The number of hydrogen-bond acceptors (Lipinski definition) is 8. The number of carbonyl (C=O) groups excluding carboxylic acids is 1. The van der Waals surface area contributed by atoms with Gasteiger partial charge in [0.2, 0.25) is 5.88 Å². The topological polar surface area (TPSA) is 102 Å². The molecule has 9 nitrogen and oxygen atoms in total. The van der Waals surface area contributed by atoms with Crippen molar-refractivity contribution >= 4 is 34.0 Å². The van der Waals surface area contributed by atoms with Crippen LogP contribution in [0.25, 0.3) is 0 Å². The summed E-state index contributed by atoms with van der Waals surface area (Å²) in [5.74, 6) is 1.18. The molecule has 0 saturated heterocycles. The maximum Gasteiger partial charge on any atom is 0.325 e. The number of ether oxygens (including phenoxy) is 2. The van der Waals surface area contributed by atoms with Gasteiger partial charge < -0.3 is 19.7 Å². The highest BCUT2D eigenvalue weighted by Crippen LogP contribution is 2.31. The van der Waals surface area contributed by atoms with Gasteiger partial charge in [-0.25, -0.2) is 9.78 Å². The van der Waals surface area contributed by atoms with Gasteiger partial charge in [-0.3, -0.25) is 5.32 Å². The molecule has 174 valence electrons. The van der Waals surface area contributed by atoms with Crippen molar-refractivity contribution in [1.29, 1.82) is 0 Å². The largest absolute Gasteiger partial charge is 0.481 e. The highest BCUT2D eigenvalue weighted by Gasteiger charge is 2.23. The Morgan fingerprint density at radius 2 is 2.00 bits per heavy atom. The number of anilines is 3. The number of nitrogens with zero attached hydrogens (tertiary/aromatic N) is 4. The quantitative estimate of drug-likeness (QED) is 0.502. The maximum absolute atomic E-state index is 12.6. The molecule has 33 heavy (non-hydrogen) atoms. The van der Waals surface area contributed by atoms with Gasteiger partial charge in [0, 0.05) is 29.6 Å². The Balaban J connectivity index is 1.43. The van der Waals surface area contributed by atoms with Crippen LogP contribution in [0.2, 0.25) is 0 Å². The summed E-state index contributed by atoms with van der Waals surface area (Å²) in [6.07, 6.45) is 3.88. The molecule has 0 spiro atoms. The first-order valence-electron chi connectivity index (χ1n) is 11.0. The molecule has 1 aromatic carbocycles. The second kappa shape index (κ2) is 10.5. The third-order valence-corrected chi connectivity index (χ3v) is 6.40. The molecule has 10 heteroatoms. The molecule has 3 aromatic rings. The lowest BCUT2D eigenvalue weighted by atomic mass is 10.1. The number of para-hydroxylation sites is 1. The lowest BCUT2D eigenvalue weighted by molar-refractivity contribution is 0.262. The van der Waals surface area contributed by atoms with E-state index in [1.165, 1.54) is 18.4 Å². The van der Waals surface area contributed by atoms with Gasteiger partial charge in [-0.05, 0) is 24.5 Å². The molecule has 3 heterocycles. The van der Waals surface area contributed by atoms with E-state index in [0.29, 0.717) is 17.6 Å². The van der Waals surface area contributed by atoms with Crippen LogP contribution in [0, 0.1) is 0 Å². The van der Waals surface area contributed by atoms with Gasteiger partial charge in [0.1, 0.15) is 5.82 Å². The fourth-order valence-electron chi connectivity index (χ4n) is 3.67. The summed E-state index contributed by atoms with van der Waals surface area (Å²) in [5.41, 5.74) is 2.98. The predicted molar refractivity (Wildman–Crippen MR) is 130 cm³/mol. The number of unbranched alkanes of at least 4 members (excludes halogenated alkanes) is 1. The number of thiazole rings is 1. The average Bonchev–Trinajstić information content (AvgIpc) is 3.24. The van der Waals surface area contributed by atoms with Gasteiger partial charge in [0.25, 0.3) is 0 Å². The normalized spacial score (nSPS) is 12.8. The number of hydrogen-bond donors (Lipinski definition) is 2. The Kier molecular flexibility index (Phi) is 7.23. The molecule has 0 unspecified atom stereocenters. The van der Waals surface area contributed by atoms with Crippen LogP contribution in [-0.2, 0) is 19.4 Å². The lowest BCUT2D eigenvalue weighted by Gasteiger charge is -2.27. The fraction of sp³-hybridized carbons (Fsp3) is 0.391. The number of amides is 2. The third kappa shape index (κ3) is 5.51. The Bertz CT molecular complexity index is 1100. The van der Waals surface area contributed by atoms with Crippen LogP contribution in [0.15, 0.2) is 30.3 Å². The predicted octanol–water partition coefficient (Wildman–Crippen LogP) is 4.50. The summed E-state index contributed by atoms with van der Waals surface area (Å²) in [7, 11) is 3.09. The number of aryl methyl sites for hydroxylation is 1. The van der Waals surface area contributed by atoms with Crippen molar-refractivity contribution in [3.63, 3.8) is 0 Å². The number of benzene rings is 1. The number of aromatic nitrogens is 3. The van der Waals surface area contributed by atoms with E-state index in [4.69, 9.17) is 9.47 Å². The van der Waals surface area contributed by atoms with E-state index in [-0.39, 0.29) is 12.0 Å². The van der Waals surface area contributed by atoms with E-state index in [0.717, 1.165) is 59.9 Å². The monoisotopic (exact) mass is 468 g/mol. The summed E-state index contributed by atoms with van der Waals surface area (Å²) in [6.45, 7) is 3.54. The molecular formula is C23H28N6O3S. The maximum atomic E-state index is 12.6. The van der Waals surface area contributed by atoms with Crippen molar-refractivity contribution in [2.75, 3.05) is 36.3 Å². The Labute approximate surface area is 197 Å². The van der Waals surface area contributed by atoms with Crippen LogP contribution in [0.5, 0.6) is 11.9 Å². The van der Waals surface area contributed by atoms with Crippen LogP contribution in [0.3, 0.4) is 0 Å². The first-order valence-corrected chi connectivity index (χ1v) is 11.8. The van der Waals surface area contributed by atoms with Crippen molar-refractivity contribution < 1.29 is 14.3 Å². The van der Waals surface area contributed by atoms with Crippen LogP contribution in [0.4, 0.5) is 21.4 Å². The molecule has 2 aromatic heterocycles. The van der Waals surface area contributed by atoms with Gasteiger partial charge in [0.05, 0.1) is 26.5 Å². The molecule has 2 amide bonds. The van der Waals surface area contributed by atoms with Gasteiger partial charge in [0.15, 0.2) is 5.13 Å². The van der Waals surface area contributed by atoms with Crippen LogP contribution in [-0.4, -0.2) is 41.7 Å². The SMILES string of the molecule is CCCCc1ccccc1NC(=O)Nc1nc2c(s1)CN(c1cc(OC)nc(OC)n1)CC2. The molecular weight excluding hydrogens is 440 g/mol. The van der Waals surface area contributed by atoms with E-state index in [2.05, 4.69) is 43.5 Å². The highest BCUT2D eigenvalue weighted by molar-refractivity contribution is 7.15. The summed E-state index contributed by atoms with van der Waals surface area (Å²) < 4.78 is 10.5. The van der Waals surface area contributed by atoms with E-state index < -0.39 is 0 Å². The van der Waals surface area contributed by atoms with Crippen molar-refractivity contribution in [3.05, 3.63) is 46.5 Å². The smallest absolute Gasteiger partial charge is 0.325 e. The summed E-state index contributed by atoms with van der Waals surface area (Å²) in [4.78, 5) is 29.1. The van der Waals surface area contributed by atoms with Gasteiger partial charge in [-0.2, -0.15) is 9.97 Å². The van der Waals surface area contributed by atoms with E-state index in [9.17, 15) is 4.79 Å². The number of rotatable bonds is 8. The number of methoxy groups -OCH3 is 2. The van der Waals surface area contributed by atoms with Crippen LogP contribution < -0.4 is 25.0 Å². The first kappa shape index (κ1) is 22.8. The minimum Gasteiger partial charge on any atom is -0.481 e. The summed E-state index contributed by atoms with van der Waals surface area (Å²) in [6, 6.07) is 9.68. The van der Waals surface area contributed by atoms with Crippen molar-refractivity contribution in [2.24, 2.45) is 0 Å². The molecule has 4 rings (SSSR count). The van der Waals surface area contributed by atoms with Crippen molar-refractivity contribution in [1.82, 2.24) is 15.0 Å². The molecule has 1 aliphatic heterocycles. The molecule has 0 radical (unpaired) electrons. The standard InChI is InChI=1S/C23H28N6O3S/c1-4-5-8-15-9-6-7-10-16(15)24-21(30)28-23-25-17-11-12-29(14-18(17)33-23)19-13-20(31-2)27-22(26-19)32-3/h6-7,9-10,13H,4-5,8,11-12,14H2,1-3H3,(H2,24,25,28,30). The Morgan fingerprint density at radius 1 is 1.15 bits per heavy atom. The first-order chi connectivity index (χ1) is 16.1. The number of fused-ring (bicyclic) bond motifs is 1. The zero-order chi connectivity index (χ0) is 23.2. The molecule has 2 N–H and O–H groups in total. The van der Waals surface area contributed by atoms with Crippen LogP contribution >= 0.6 is 11.3 Å². The molecule has 0 saturated carbocycles. The highest BCUT2D eigenvalue weighted by atomic mass is 32.1. The summed E-state index contributed by atoms with van der Waals surface area (Å²) in [5, 5.41) is 6.45. The molecule has 1 aliphatic rings. The van der Waals surface area contributed by atoms with Gasteiger partial charge in [-0.1, -0.05) is 42.9 Å². The second-order valence-electron chi connectivity index (χ2n) is 7.66. The Hall–Kier alpha value is -3.40. The van der Waals surface area contributed by atoms with E-state index >= 15 is 0 Å². The van der Waals surface area contributed by atoms with Gasteiger partial charge in [-0.15, -0.1) is 0 Å². The second-order valence-corrected chi connectivity index (χ2v) is 8.74. The minimum atomic E-state index is -0.285. The van der Waals surface area contributed by atoms with Gasteiger partial charge >= 0.3 is 12.0 Å². The average molecular weight is 469 g/mol. The molecule has 0 atom stereocenters. The minimum absolute atomic E-state index is 0.262.